The second-order valence-corrected chi connectivity index (χ2v) is 4.28. The van der Waals surface area contributed by atoms with Crippen LogP contribution in [-0.4, -0.2) is 22.9 Å². The van der Waals surface area contributed by atoms with Crippen LogP contribution in [0.5, 0.6) is 0 Å². The summed E-state index contributed by atoms with van der Waals surface area (Å²) in [6.07, 6.45) is 7.35. The Labute approximate surface area is 98.5 Å². The van der Waals surface area contributed by atoms with Crippen molar-refractivity contribution in [3.63, 3.8) is 0 Å². The molecule has 0 saturated heterocycles. The van der Waals surface area contributed by atoms with Crippen molar-refractivity contribution in [1.29, 1.82) is 0 Å². The van der Waals surface area contributed by atoms with Gasteiger partial charge < -0.3 is 5.32 Å². The molecule has 0 bridgehead atoms. The standard InChI is InChI=1S/C13H23N3/c1-5-12(8-14-6-2)7-13-9-15-16(10-13)11(3)4/h7,9-11,14H,5-6,8H2,1-4H3. The van der Waals surface area contributed by atoms with Crippen LogP contribution in [-0.2, 0) is 0 Å². The third-order valence-electron chi connectivity index (χ3n) is 2.58. The van der Waals surface area contributed by atoms with Gasteiger partial charge in [0.15, 0.2) is 0 Å². The van der Waals surface area contributed by atoms with E-state index in [9.17, 15) is 0 Å². The summed E-state index contributed by atoms with van der Waals surface area (Å²) in [5, 5.41) is 7.69. The molecule has 1 aromatic heterocycles. The maximum Gasteiger partial charge on any atom is 0.0562 e. The van der Waals surface area contributed by atoms with E-state index in [0.29, 0.717) is 6.04 Å². The lowest BCUT2D eigenvalue weighted by Gasteiger charge is -2.04. The molecule has 1 aromatic rings. The summed E-state index contributed by atoms with van der Waals surface area (Å²) in [5.74, 6) is 0. The summed E-state index contributed by atoms with van der Waals surface area (Å²) >= 11 is 0. The van der Waals surface area contributed by atoms with Gasteiger partial charge in [-0.05, 0) is 26.8 Å². The smallest absolute Gasteiger partial charge is 0.0562 e. The summed E-state index contributed by atoms with van der Waals surface area (Å²) in [6, 6.07) is 0.431. The van der Waals surface area contributed by atoms with Crippen molar-refractivity contribution >= 4 is 6.08 Å². The highest BCUT2D eigenvalue weighted by Crippen LogP contribution is 2.11. The minimum absolute atomic E-state index is 0.431. The van der Waals surface area contributed by atoms with Crippen LogP contribution in [0, 0.1) is 0 Å². The molecule has 0 spiro atoms. The molecule has 0 aromatic carbocycles. The Morgan fingerprint density at radius 2 is 2.25 bits per heavy atom. The van der Waals surface area contributed by atoms with E-state index in [1.165, 1.54) is 11.1 Å². The van der Waals surface area contributed by atoms with Crippen LogP contribution in [0.15, 0.2) is 18.0 Å². The minimum atomic E-state index is 0.431. The molecule has 0 radical (unpaired) electrons. The van der Waals surface area contributed by atoms with Crippen molar-refractivity contribution in [1.82, 2.24) is 15.1 Å². The Morgan fingerprint density at radius 1 is 1.50 bits per heavy atom. The Balaban J connectivity index is 2.70. The van der Waals surface area contributed by atoms with E-state index in [0.717, 1.165) is 19.5 Å². The van der Waals surface area contributed by atoms with Gasteiger partial charge in [-0.1, -0.05) is 25.5 Å². The normalized spacial score (nSPS) is 12.4. The molecule has 1 rings (SSSR count). The zero-order chi connectivity index (χ0) is 12.0. The largest absolute Gasteiger partial charge is 0.313 e. The summed E-state index contributed by atoms with van der Waals surface area (Å²) in [7, 11) is 0. The van der Waals surface area contributed by atoms with Gasteiger partial charge in [-0.25, -0.2) is 0 Å². The van der Waals surface area contributed by atoms with E-state index in [1.54, 1.807) is 0 Å². The lowest BCUT2D eigenvalue weighted by Crippen LogP contribution is -2.15. The fraction of sp³-hybridized carbons (Fsp3) is 0.615. The molecule has 0 unspecified atom stereocenters. The van der Waals surface area contributed by atoms with Gasteiger partial charge in [0.25, 0.3) is 0 Å². The van der Waals surface area contributed by atoms with Crippen LogP contribution < -0.4 is 5.32 Å². The number of nitrogens with zero attached hydrogens (tertiary/aromatic N) is 2. The summed E-state index contributed by atoms with van der Waals surface area (Å²) in [5.41, 5.74) is 2.62. The van der Waals surface area contributed by atoms with Gasteiger partial charge in [0.2, 0.25) is 0 Å². The van der Waals surface area contributed by atoms with Crippen molar-refractivity contribution < 1.29 is 0 Å². The highest BCUT2D eigenvalue weighted by atomic mass is 15.3. The molecule has 0 saturated carbocycles. The number of nitrogens with one attached hydrogen (secondary N) is 1. The Bertz CT molecular complexity index is 337. The molecule has 3 heteroatoms. The molecule has 0 atom stereocenters. The molecule has 90 valence electrons. The van der Waals surface area contributed by atoms with E-state index in [-0.39, 0.29) is 0 Å². The monoisotopic (exact) mass is 221 g/mol. The van der Waals surface area contributed by atoms with Crippen molar-refractivity contribution in [2.75, 3.05) is 13.1 Å². The van der Waals surface area contributed by atoms with Crippen molar-refractivity contribution in [2.45, 2.75) is 40.2 Å². The third-order valence-corrected chi connectivity index (χ3v) is 2.58. The van der Waals surface area contributed by atoms with E-state index in [2.05, 4.69) is 50.4 Å². The number of hydrogen-bond donors (Lipinski definition) is 1. The Morgan fingerprint density at radius 3 is 2.75 bits per heavy atom. The molecule has 0 aliphatic rings. The van der Waals surface area contributed by atoms with Gasteiger partial charge in [0, 0.05) is 24.3 Å². The van der Waals surface area contributed by atoms with Gasteiger partial charge in [-0.3, -0.25) is 4.68 Å². The Kier molecular flexibility index (Phi) is 5.26. The number of likely N-dealkylation sites (N-methyl/N-ethyl adjacent to an activating group) is 1. The zero-order valence-electron chi connectivity index (χ0n) is 10.8. The maximum absolute atomic E-state index is 4.34. The molecule has 16 heavy (non-hydrogen) atoms. The molecule has 3 nitrogen and oxygen atoms in total. The summed E-state index contributed by atoms with van der Waals surface area (Å²) in [4.78, 5) is 0. The lowest BCUT2D eigenvalue weighted by molar-refractivity contribution is 0.532. The van der Waals surface area contributed by atoms with Gasteiger partial charge >= 0.3 is 0 Å². The van der Waals surface area contributed by atoms with Gasteiger partial charge in [-0.15, -0.1) is 0 Å². The number of aromatic nitrogens is 2. The first kappa shape index (κ1) is 13.0. The third kappa shape index (κ3) is 3.81. The van der Waals surface area contributed by atoms with Crippen LogP contribution in [0.2, 0.25) is 0 Å². The fourth-order valence-electron chi connectivity index (χ4n) is 1.51. The number of rotatable bonds is 6. The molecule has 0 fully saturated rings. The van der Waals surface area contributed by atoms with Crippen LogP contribution in [0.1, 0.15) is 45.7 Å². The maximum atomic E-state index is 4.34. The van der Waals surface area contributed by atoms with Crippen LogP contribution in [0.3, 0.4) is 0 Å². The molecule has 0 amide bonds. The second-order valence-electron chi connectivity index (χ2n) is 4.28. The molecule has 1 N–H and O–H groups in total. The van der Waals surface area contributed by atoms with Crippen LogP contribution in [0.25, 0.3) is 6.08 Å². The quantitative estimate of drug-likeness (QED) is 0.800. The fourth-order valence-corrected chi connectivity index (χ4v) is 1.51. The highest BCUT2D eigenvalue weighted by molar-refractivity contribution is 5.51. The molecule has 0 aliphatic carbocycles. The number of hydrogen-bond acceptors (Lipinski definition) is 2. The highest BCUT2D eigenvalue weighted by Gasteiger charge is 2.00. The molecule has 0 aliphatic heterocycles. The molecular weight excluding hydrogens is 198 g/mol. The first-order valence-corrected chi connectivity index (χ1v) is 6.11. The SMILES string of the molecule is CCNCC(=Cc1cnn(C(C)C)c1)CC. The van der Waals surface area contributed by atoms with Gasteiger partial charge in [-0.2, -0.15) is 5.10 Å². The topological polar surface area (TPSA) is 29.9 Å². The second kappa shape index (κ2) is 6.48. The van der Waals surface area contributed by atoms with E-state index >= 15 is 0 Å². The Hall–Kier alpha value is -1.09. The predicted octanol–water partition coefficient (Wildman–Crippen LogP) is 2.87. The van der Waals surface area contributed by atoms with Crippen LogP contribution in [0.4, 0.5) is 0 Å². The predicted molar refractivity (Wildman–Crippen MR) is 69.4 cm³/mol. The summed E-state index contributed by atoms with van der Waals surface area (Å²) < 4.78 is 1.99. The van der Waals surface area contributed by atoms with Crippen molar-refractivity contribution in [3.8, 4) is 0 Å². The first-order valence-electron chi connectivity index (χ1n) is 6.11. The van der Waals surface area contributed by atoms with Gasteiger partial charge in [0.05, 0.1) is 6.20 Å². The zero-order valence-corrected chi connectivity index (χ0v) is 10.8. The summed E-state index contributed by atoms with van der Waals surface area (Å²) in [6.45, 7) is 10.6. The van der Waals surface area contributed by atoms with E-state index < -0.39 is 0 Å². The first-order chi connectivity index (χ1) is 7.67. The van der Waals surface area contributed by atoms with E-state index in [4.69, 9.17) is 0 Å². The average Bonchev–Trinajstić information content (AvgIpc) is 2.72. The van der Waals surface area contributed by atoms with E-state index in [1.807, 2.05) is 10.9 Å². The lowest BCUT2D eigenvalue weighted by atomic mass is 10.1. The minimum Gasteiger partial charge on any atom is -0.313 e. The van der Waals surface area contributed by atoms with Crippen LogP contribution >= 0.6 is 0 Å². The van der Waals surface area contributed by atoms with Gasteiger partial charge in [0.1, 0.15) is 0 Å². The average molecular weight is 221 g/mol. The molecule has 1 heterocycles. The van der Waals surface area contributed by atoms with Crippen molar-refractivity contribution in [2.24, 2.45) is 0 Å². The molecular formula is C13H23N3. The van der Waals surface area contributed by atoms with Crippen molar-refractivity contribution in [3.05, 3.63) is 23.5 Å².